The fourth-order valence-electron chi connectivity index (χ4n) is 1.51. The van der Waals surface area contributed by atoms with Crippen LogP contribution in [0.4, 0.5) is 5.69 Å². The summed E-state index contributed by atoms with van der Waals surface area (Å²) in [6.45, 7) is 0.863. The van der Waals surface area contributed by atoms with E-state index in [9.17, 15) is 4.79 Å². The molecule has 1 aliphatic rings. The molecule has 5 heteroatoms. The van der Waals surface area contributed by atoms with Crippen LogP contribution in [0.25, 0.3) is 0 Å². The zero-order valence-corrected chi connectivity index (χ0v) is 10.3. The quantitative estimate of drug-likeness (QED) is 0.361. The van der Waals surface area contributed by atoms with E-state index >= 15 is 0 Å². The van der Waals surface area contributed by atoms with E-state index in [1.165, 1.54) is 20.0 Å². The van der Waals surface area contributed by atoms with Crippen LogP contribution < -0.4 is 10.5 Å². The second kappa shape index (κ2) is 5.73. The van der Waals surface area contributed by atoms with Gasteiger partial charge in [0.15, 0.2) is 6.79 Å². The predicted molar refractivity (Wildman–Crippen MR) is 66.4 cm³/mol. The van der Waals surface area contributed by atoms with E-state index in [1.807, 2.05) is 0 Å². The smallest absolute Gasteiger partial charge is 0.337 e. The monoisotopic (exact) mass is 251 g/mol. The summed E-state index contributed by atoms with van der Waals surface area (Å²) in [5.41, 5.74) is 6.63. The van der Waals surface area contributed by atoms with Gasteiger partial charge in [-0.25, -0.2) is 4.79 Å². The van der Waals surface area contributed by atoms with E-state index in [4.69, 9.17) is 15.2 Å². The number of hydrogen-bond acceptors (Lipinski definition) is 5. The predicted octanol–water partition coefficient (Wildman–Crippen LogP) is 1.82. The molecule has 0 atom stereocenters. The maximum Gasteiger partial charge on any atom is 0.337 e. The van der Waals surface area contributed by atoms with Gasteiger partial charge in [-0.1, -0.05) is 0 Å². The van der Waals surface area contributed by atoms with Crippen LogP contribution in [0.2, 0.25) is 0 Å². The molecule has 0 aromatic heterocycles. The first-order chi connectivity index (χ1) is 8.70. The lowest BCUT2D eigenvalue weighted by Gasteiger charge is -2.10. The summed E-state index contributed by atoms with van der Waals surface area (Å²) < 4.78 is 15.4. The van der Waals surface area contributed by atoms with Crippen LogP contribution in [0, 0.1) is 5.92 Å². The number of carbonyl (C=O) groups is 1. The molecule has 5 nitrogen and oxygen atoms in total. The first-order valence-corrected chi connectivity index (χ1v) is 5.89. The molecule has 0 spiro atoms. The molecule has 0 heterocycles. The Labute approximate surface area is 106 Å². The Morgan fingerprint density at radius 3 is 2.89 bits per heavy atom. The lowest BCUT2D eigenvalue weighted by Crippen LogP contribution is -2.08. The number of methoxy groups -OCH3 is 1. The van der Waals surface area contributed by atoms with Crippen molar-refractivity contribution in [2.45, 2.75) is 12.8 Å². The van der Waals surface area contributed by atoms with E-state index in [0.717, 1.165) is 6.61 Å². The summed E-state index contributed by atoms with van der Waals surface area (Å²) in [5.74, 6) is 0.708. The SMILES string of the molecule is COC(=O)c1ccc(N)c(OCOCC2CC2)c1. The maximum absolute atomic E-state index is 11.4. The number of hydrogen-bond donors (Lipinski definition) is 1. The summed E-state index contributed by atoms with van der Waals surface area (Å²) in [6.07, 6.45) is 2.47. The van der Waals surface area contributed by atoms with Gasteiger partial charge in [0, 0.05) is 0 Å². The third kappa shape index (κ3) is 3.37. The number of carbonyl (C=O) groups excluding carboxylic acids is 1. The van der Waals surface area contributed by atoms with Crippen LogP contribution in [-0.2, 0) is 9.47 Å². The summed E-state index contributed by atoms with van der Waals surface area (Å²) in [7, 11) is 1.33. The first kappa shape index (κ1) is 12.7. The highest BCUT2D eigenvalue weighted by atomic mass is 16.7. The van der Waals surface area contributed by atoms with Crippen LogP contribution in [0.5, 0.6) is 5.75 Å². The summed E-state index contributed by atoms with van der Waals surface area (Å²) >= 11 is 0. The highest BCUT2D eigenvalue weighted by Crippen LogP contribution is 2.29. The molecule has 1 aromatic rings. The van der Waals surface area contributed by atoms with Gasteiger partial charge in [-0.2, -0.15) is 0 Å². The Hall–Kier alpha value is -1.75. The highest BCUT2D eigenvalue weighted by molar-refractivity contribution is 5.90. The average molecular weight is 251 g/mol. The minimum atomic E-state index is -0.418. The number of benzene rings is 1. The lowest BCUT2D eigenvalue weighted by molar-refractivity contribution is 0.0103. The van der Waals surface area contributed by atoms with E-state index in [0.29, 0.717) is 22.9 Å². The van der Waals surface area contributed by atoms with Gasteiger partial charge in [0.05, 0.1) is 25.0 Å². The molecule has 0 bridgehead atoms. The highest BCUT2D eigenvalue weighted by Gasteiger charge is 2.21. The molecule has 0 unspecified atom stereocenters. The van der Waals surface area contributed by atoms with Crippen molar-refractivity contribution in [1.29, 1.82) is 0 Å². The molecule has 0 amide bonds. The van der Waals surface area contributed by atoms with Crippen molar-refractivity contribution in [3.8, 4) is 5.75 Å². The van der Waals surface area contributed by atoms with Crippen molar-refractivity contribution in [2.24, 2.45) is 5.92 Å². The second-order valence-electron chi connectivity index (χ2n) is 4.32. The third-order valence-corrected chi connectivity index (χ3v) is 2.78. The first-order valence-electron chi connectivity index (χ1n) is 5.89. The minimum absolute atomic E-state index is 0.144. The summed E-state index contributed by atoms with van der Waals surface area (Å²) in [6, 6.07) is 4.77. The largest absolute Gasteiger partial charge is 0.465 e. The molecule has 0 radical (unpaired) electrons. The minimum Gasteiger partial charge on any atom is -0.465 e. The fraction of sp³-hybridized carbons (Fsp3) is 0.462. The summed E-state index contributed by atoms with van der Waals surface area (Å²) in [4.78, 5) is 11.4. The van der Waals surface area contributed by atoms with Crippen molar-refractivity contribution in [1.82, 2.24) is 0 Å². The molecule has 18 heavy (non-hydrogen) atoms. The number of rotatable bonds is 6. The molecule has 1 aromatic carbocycles. The van der Waals surface area contributed by atoms with Gasteiger partial charge in [-0.3, -0.25) is 0 Å². The van der Waals surface area contributed by atoms with E-state index in [2.05, 4.69) is 4.74 Å². The van der Waals surface area contributed by atoms with Crippen molar-refractivity contribution >= 4 is 11.7 Å². The molecular weight excluding hydrogens is 234 g/mol. The Bertz CT molecular complexity index is 429. The topological polar surface area (TPSA) is 70.8 Å². The number of ether oxygens (including phenoxy) is 3. The van der Waals surface area contributed by atoms with Crippen molar-refractivity contribution in [2.75, 3.05) is 26.2 Å². The van der Waals surface area contributed by atoms with Gasteiger partial charge in [0.25, 0.3) is 0 Å². The fourth-order valence-corrected chi connectivity index (χ4v) is 1.51. The zero-order chi connectivity index (χ0) is 13.0. The van der Waals surface area contributed by atoms with Crippen LogP contribution in [0.3, 0.4) is 0 Å². The maximum atomic E-state index is 11.4. The normalized spacial score (nSPS) is 14.3. The van der Waals surface area contributed by atoms with Crippen LogP contribution in [0.15, 0.2) is 18.2 Å². The number of nitrogen functional groups attached to an aromatic ring is 1. The standard InChI is InChI=1S/C13H17NO4/c1-16-13(15)10-4-5-11(14)12(6-10)18-8-17-7-9-2-3-9/h4-6,9H,2-3,7-8,14H2,1H3. The van der Waals surface area contributed by atoms with Gasteiger partial charge < -0.3 is 19.9 Å². The molecule has 1 aliphatic carbocycles. The molecule has 2 rings (SSSR count). The average Bonchev–Trinajstić information content (AvgIpc) is 3.19. The van der Waals surface area contributed by atoms with Crippen molar-refractivity contribution < 1.29 is 19.0 Å². The van der Waals surface area contributed by atoms with Crippen LogP contribution >= 0.6 is 0 Å². The van der Waals surface area contributed by atoms with Crippen molar-refractivity contribution in [3.05, 3.63) is 23.8 Å². The van der Waals surface area contributed by atoms with Gasteiger partial charge in [0.2, 0.25) is 0 Å². The Balaban J connectivity index is 1.90. The van der Waals surface area contributed by atoms with E-state index in [1.54, 1.807) is 18.2 Å². The number of nitrogens with two attached hydrogens (primary N) is 1. The third-order valence-electron chi connectivity index (χ3n) is 2.78. The van der Waals surface area contributed by atoms with E-state index < -0.39 is 5.97 Å². The van der Waals surface area contributed by atoms with Crippen molar-refractivity contribution in [3.63, 3.8) is 0 Å². The zero-order valence-electron chi connectivity index (χ0n) is 10.3. The molecular formula is C13H17NO4. The van der Waals surface area contributed by atoms with Crippen LogP contribution in [-0.4, -0.2) is 26.5 Å². The van der Waals surface area contributed by atoms with Crippen LogP contribution in [0.1, 0.15) is 23.2 Å². The Kier molecular flexibility index (Phi) is 4.04. The van der Waals surface area contributed by atoms with E-state index in [-0.39, 0.29) is 6.79 Å². The van der Waals surface area contributed by atoms with Gasteiger partial charge in [-0.15, -0.1) is 0 Å². The number of anilines is 1. The molecule has 0 saturated heterocycles. The Morgan fingerprint density at radius 2 is 2.22 bits per heavy atom. The second-order valence-corrected chi connectivity index (χ2v) is 4.32. The molecule has 98 valence electrons. The van der Waals surface area contributed by atoms with Gasteiger partial charge in [0.1, 0.15) is 5.75 Å². The lowest BCUT2D eigenvalue weighted by atomic mass is 10.2. The molecule has 0 aliphatic heterocycles. The Morgan fingerprint density at radius 1 is 1.44 bits per heavy atom. The molecule has 1 fully saturated rings. The van der Waals surface area contributed by atoms with Gasteiger partial charge in [-0.05, 0) is 37.0 Å². The van der Waals surface area contributed by atoms with Gasteiger partial charge >= 0.3 is 5.97 Å². The number of esters is 1. The summed E-state index contributed by atoms with van der Waals surface area (Å²) in [5, 5.41) is 0. The molecule has 1 saturated carbocycles. The molecule has 2 N–H and O–H groups in total.